The number of hydrogen-bond donors (Lipinski definition) is 3. The highest BCUT2D eigenvalue weighted by atomic mass is 16.5. The number of benzene rings is 2. The number of methoxy groups -OCH3 is 1. The molecule has 0 bridgehead atoms. The molecule has 1 aliphatic heterocycles. The zero-order chi connectivity index (χ0) is 26.7. The third kappa shape index (κ3) is 5.01. The lowest BCUT2D eigenvalue weighted by atomic mass is 9.82. The second-order valence-electron chi connectivity index (χ2n) is 8.41. The molecule has 0 radical (unpaired) electrons. The van der Waals surface area contributed by atoms with Crippen molar-refractivity contribution in [3.05, 3.63) is 70.1 Å². The number of fused-ring (bicyclic) bond motifs is 1. The number of rotatable bonds is 7. The van der Waals surface area contributed by atoms with Crippen LogP contribution in [0.4, 0.5) is 11.6 Å². The normalized spacial score (nSPS) is 16.3. The van der Waals surface area contributed by atoms with Gasteiger partial charge >= 0.3 is 11.7 Å². The standard InChI is InChI=1S/C26H27N5O6/c1-5-37-25(34)20-14(2)21-22(29-30-24(33)16-9-11-19(36-4)12-10-16)28-26(35)31(23(21)27-15(20)3)17-7-6-8-18(32)13-17/h6-14,20,32H,5H2,1-4H3,(H,30,33)(H,28,29,35). The number of hydrazine groups is 1. The topological polar surface area (TPSA) is 144 Å². The van der Waals surface area contributed by atoms with Crippen molar-refractivity contribution in [2.75, 3.05) is 19.1 Å². The molecule has 0 saturated heterocycles. The highest BCUT2D eigenvalue weighted by molar-refractivity contribution is 6.04. The monoisotopic (exact) mass is 505 g/mol. The summed E-state index contributed by atoms with van der Waals surface area (Å²) in [4.78, 5) is 47.5. The Balaban J connectivity index is 1.79. The molecule has 0 fully saturated rings. The Morgan fingerprint density at radius 2 is 1.89 bits per heavy atom. The number of nitrogens with one attached hydrogen (secondary N) is 2. The maximum atomic E-state index is 13.2. The van der Waals surface area contributed by atoms with Gasteiger partial charge in [-0.25, -0.2) is 14.4 Å². The minimum atomic E-state index is -0.720. The van der Waals surface area contributed by atoms with E-state index in [2.05, 4.69) is 20.8 Å². The van der Waals surface area contributed by atoms with Gasteiger partial charge in [-0.3, -0.25) is 20.4 Å². The van der Waals surface area contributed by atoms with Crippen LogP contribution in [0.1, 0.15) is 42.6 Å². The third-order valence-corrected chi connectivity index (χ3v) is 6.07. The molecule has 2 unspecified atom stereocenters. The van der Waals surface area contributed by atoms with Gasteiger partial charge in [0.1, 0.15) is 23.2 Å². The molecule has 1 amide bonds. The van der Waals surface area contributed by atoms with Gasteiger partial charge in [0.15, 0.2) is 5.82 Å². The molecule has 3 N–H and O–H groups in total. The van der Waals surface area contributed by atoms with Crippen molar-refractivity contribution in [1.82, 2.24) is 15.0 Å². The number of esters is 1. The first-order valence-electron chi connectivity index (χ1n) is 11.6. The predicted octanol–water partition coefficient (Wildman–Crippen LogP) is 3.09. The molecule has 192 valence electrons. The number of carbonyl (C=O) groups is 2. The number of phenolic OH excluding ortho intramolecular Hbond substituents is 1. The first-order valence-corrected chi connectivity index (χ1v) is 11.6. The zero-order valence-electron chi connectivity index (χ0n) is 20.8. The highest BCUT2D eigenvalue weighted by Crippen LogP contribution is 2.42. The summed E-state index contributed by atoms with van der Waals surface area (Å²) in [6.45, 7) is 5.41. The number of aliphatic imine (C=N–C) groups is 1. The van der Waals surface area contributed by atoms with E-state index in [1.54, 1.807) is 57.2 Å². The summed E-state index contributed by atoms with van der Waals surface area (Å²) < 4.78 is 11.6. The predicted molar refractivity (Wildman–Crippen MR) is 137 cm³/mol. The minimum Gasteiger partial charge on any atom is -0.508 e. The van der Waals surface area contributed by atoms with Gasteiger partial charge in [-0.2, -0.15) is 4.98 Å². The van der Waals surface area contributed by atoms with Crippen LogP contribution < -0.4 is 21.3 Å². The molecule has 4 rings (SSSR count). The van der Waals surface area contributed by atoms with Gasteiger partial charge in [0.2, 0.25) is 0 Å². The third-order valence-electron chi connectivity index (χ3n) is 6.07. The van der Waals surface area contributed by atoms with Crippen molar-refractivity contribution < 1.29 is 24.2 Å². The molecule has 2 atom stereocenters. The maximum absolute atomic E-state index is 13.2. The van der Waals surface area contributed by atoms with Gasteiger partial charge in [-0.15, -0.1) is 0 Å². The van der Waals surface area contributed by atoms with Gasteiger partial charge in [-0.05, 0) is 50.2 Å². The smallest absolute Gasteiger partial charge is 0.355 e. The molecule has 0 spiro atoms. The number of phenols is 1. The number of aromatic hydroxyl groups is 1. The summed E-state index contributed by atoms with van der Waals surface area (Å²) in [5, 5.41) is 9.99. The van der Waals surface area contributed by atoms with E-state index in [0.717, 1.165) is 0 Å². The molecule has 1 aromatic heterocycles. The van der Waals surface area contributed by atoms with E-state index in [1.165, 1.54) is 23.8 Å². The van der Waals surface area contributed by atoms with Gasteiger partial charge in [0.05, 0.1) is 19.4 Å². The maximum Gasteiger partial charge on any atom is 0.355 e. The van der Waals surface area contributed by atoms with Crippen LogP contribution in [0.25, 0.3) is 5.69 Å². The van der Waals surface area contributed by atoms with Crippen molar-refractivity contribution in [2.45, 2.75) is 26.7 Å². The Bertz CT molecular complexity index is 1430. The average Bonchev–Trinajstić information content (AvgIpc) is 2.87. The fraction of sp³-hybridized carbons (Fsp3) is 0.269. The van der Waals surface area contributed by atoms with Crippen LogP contribution in [0.2, 0.25) is 0 Å². The summed E-state index contributed by atoms with van der Waals surface area (Å²) in [6, 6.07) is 12.6. The Labute approximate surface area is 212 Å². The van der Waals surface area contributed by atoms with E-state index in [9.17, 15) is 19.5 Å². The summed E-state index contributed by atoms with van der Waals surface area (Å²) in [5.41, 5.74) is 6.20. The second-order valence-corrected chi connectivity index (χ2v) is 8.41. The lowest BCUT2D eigenvalue weighted by molar-refractivity contribution is -0.146. The summed E-state index contributed by atoms with van der Waals surface area (Å²) in [6.07, 6.45) is 0. The second kappa shape index (κ2) is 10.5. The molecule has 2 aromatic carbocycles. The van der Waals surface area contributed by atoms with Crippen molar-refractivity contribution in [3.63, 3.8) is 0 Å². The molecule has 0 aliphatic carbocycles. The molecule has 1 aliphatic rings. The number of nitrogens with zero attached hydrogens (tertiary/aromatic N) is 3. The number of aromatic nitrogens is 2. The molecular formula is C26H27N5O6. The van der Waals surface area contributed by atoms with Crippen molar-refractivity contribution in [1.29, 1.82) is 0 Å². The van der Waals surface area contributed by atoms with Crippen LogP contribution in [0.15, 0.2) is 58.3 Å². The van der Waals surface area contributed by atoms with E-state index >= 15 is 0 Å². The van der Waals surface area contributed by atoms with Crippen LogP contribution in [0, 0.1) is 5.92 Å². The minimum absolute atomic E-state index is 0.0407. The van der Waals surface area contributed by atoms with E-state index < -0.39 is 29.4 Å². The molecule has 37 heavy (non-hydrogen) atoms. The zero-order valence-corrected chi connectivity index (χ0v) is 20.8. The number of ether oxygens (including phenoxy) is 2. The van der Waals surface area contributed by atoms with Crippen LogP contribution in [-0.2, 0) is 9.53 Å². The molecule has 2 heterocycles. The van der Waals surface area contributed by atoms with Crippen LogP contribution in [-0.4, -0.2) is 46.0 Å². The highest BCUT2D eigenvalue weighted by Gasteiger charge is 2.38. The number of anilines is 1. The largest absolute Gasteiger partial charge is 0.508 e. The Hall–Kier alpha value is -4.67. The van der Waals surface area contributed by atoms with E-state index in [4.69, 9.17) is 9.47 Å². The average molecular weight is 506 g/mol. The lowest BCUT2D eigenvalue weighted by Crippen LogP contribution is -2.37. The first-order chi connectivity index (χ1) is 17.7. The Morgan fingerprint density at radius 1 is 1.16 bits per heavy atom. The first kappa shape index (κ1) is 25.4. The lowest BCUT2D eigenvalue weighted by Gasteiger charge is -2.30. The number of amides is 1. The van der Waals surface area contributed by atoms with Crippen LogP contribution >= 0.6 is 0 Å². The van der Waals surface area contributed by atoms with Crippen LogP contribution in [0.5, 0.6) is 11.5 Å². The van der Waals surface area contributed by atoms with Gasteiger partial charge in [0, 0.05) is 28.8 Å². The SMILES string of the molecule is CCOC(=O)C1C(C)=Nc2c(c(NNC(=O)c3ccc(OC)cc3)nc(=O)n2-c2cccc(O)c2)C1C. The Morgan fingerprint density at radius 3 is 2.54 bits per heavy atom. The van der Waals surface area contributed by atoms with Crippen molar-refractivity contribution in [2.24, 2.45) is 10.9 Å². The van der Waals surface area contributed by atoms with Gasteiger partial charge in [0.25, 0.3) is 5.91 Å². The van der Waals surface area contributed by atoms with Crippen molar-refractivity contribution in [3.8, 4) is 17.2 Å². The van der Waals surface area contributed by atoms with Gasteiger partial charge in [-0.1, -0.05) is 13.0 Å². The fourth-order valence-corrected chi connectivity index (χ4v) is 4.31. The van der Waals surface area contributed by atoms with Gasteiger partial charge < -0.3 is 14.6 Å². The molecular weight excluding hydrogens is 478 g/mol. The van der Waals surface area contributed by atoms with Crippen molar-refractivity contribution >= 4 is 29.2 Å². The summed E-state index contributed by atoms with van der Waals surface area (Å²) in [5.74, 6) is -1.31. The number of hydrogen-bond acceptors (Lipinski definition) is 9. The summed E-state index contributed by atoms with van der Waals surface area (Å²) in [7, 11) is 1.53. The van der Waals surface area contributed by atoms with E-state index in [1.807, 2.05) is 0 Å². The molecule has 11 heteroatoms. The van der Waals surface area contributed by atoms with Crippen LogP contribution in [0.3, 0.4) is 0 Å². The number of carbonyl (C=O) groups excluding carboxylic acids is 2. The fourth-order valence-electron chi connectivity index (χ4n) is 4.31. The molecule has 0 saturated carbocycles. The molecule has 11 nitrogen and oxygen atoms in total. The quantitative estimate of drug-likeness (QED) is 0.328. The van der Waals surface area contributed by atoms with E-state index in [0.29, 0.717) is 28.3 Å². The van der Waals surface area contributed by atoms with E-state index in [-0.39, 0.29) is 24.0 Å². The Kier molecular flexibility index (Phi) is 7.23. The molecule has 3 aromatic rings. The summed E-state index contributed by atoms with van der Waals surface area (Å²) >= 11 is 0.